The molecule has 0 saturated carbocycles. The quantitative estimate of drug-likeness (QED) is 0.672. The summed E-state index contributed by atoms with van der Waals surface area (Å²) in [7, 11) is 0. The molecule has 0 aliphatic rings. The van der Waals surface area contributed by atoms with Gasteiger partial charge in [-0.25, -0.2) is 4.98 Å². The van der Waals surface area contributed by atoms with Gasteiger partial charge in [-0.3, -0.25) is 4.79 Å². The highest BCUT2D eigenvalue weighted by atomic mass is 32.2. The van der Waals surface area contributed by atoms with Crippen LogP contribution >= 0.6 is 11.8 Å². The number of thioether (sulfide) groups is 1. The van der Waals surface area contributed by atoms with E-state index in [0.29, 0.717) is 13.2 Å². The van der Waals surface area contributed by atoms with Crippen LogP contribution in [0.1, 0.15) is 18.9 Å². The molecule has 6 heteroatoms. The van der Waals surface area contributed by atoms with Crippen molar-refractivity contribution in [2.45, 2.75) is 32.1 Å². The van der Waals surface area contributed by atoms with Crippen LogP contribution in [-0.2, 0) is 11.3 Å². The number of aryl methyl sites for hydroxylation is 2. The highest BCUT2D eigenvalue weighted by molar-refractivity contribution is 8.00. The molecule has 1 atom stereocenters. The molecule has 0 bridgehead atoms. The zero-order valence-corrected chi connectivity index (χ0v) is 15.1. The van der Waals surface area contributed by atoms with Gasteiger partial charge in [0.1, 0.15) is 12.4 Å². The maximum atomic E-state index is 12.0. The molecular formula is C18H25N3O2S. The number of rotatable bonds is 10. The van der Waals surface area contributed by atoms with Gasteiger partial charge in [-0.15, -0.1) is 11.8 Å². The van der Waals surface area contributed by atoms with Crippen molar-refractivity contribution in [3.05, 3.63) is 48.5 Å². The minimum absolute atomic E-state index is 0.0493. The fourth-order valence-corrected chi connectivity index (χ4v) is 3.08. The molecule has 130 valence electrons. The van der Waals surface area contributed by atoms with Crippen molar-refractivity contribution in [3.63, 3.8) is 0 Å². The summed E-state index contributed by atoms with van der Waals surface area (Å²) in [5.41, 5.74) is 1.16. The number of amides is 1. The van der Waals surface area contributed by atoms with Crippen molar-refractivity contribution < 1.29 is 9.53 Å². The monoisotopic (exact) mass is 347 g/mol. The normalized spacial score (nSPS) is 11.9. The summed E-state index contributed by atoms with van der Waals surface area (Å²) in [4.78, 5) is 16.0. The van der Waals surface area contributed by atoms with E-state index in [0.717, 1.165) is 30.0 Å². The Bertz CT molecular complexity index is 616. The first-order valence-corrected chi connectivity index (χ1v) is 9.24. The topological polar surface area (TPSA) is 56.1 Å². The molecule has 2 rings (SSSR count). The third-order valence-corrected chi connectivity index (χ3v) is 4.75. The van der Waals surface area contributed by atoms with Gasteiger partial charge >= 0.3 is 0 Å². The van der Waals surface area contributed by atoms with Crippen molar-refractivity contribution in [3.8, 4) is 5.75 Å². The van der Waals surface area contributed by atoms with Crippen LogP contribution in [0.4, 0.5) is 0 Å². The SMILES string of the molecule is Cc1cccc(OCCNC(=O)C(C)SCCCn2ccnc2)c1. The summed E-state index contributed by atoms with van der Waals surface area (Å²) < 4.78 is 7.68. The van der Waals surface area contributed by atoms with E-state index < -0.39 is 0 Å². The van der Waals surface area contributed by atoms with Gasteiger partial charge in [-0.05, 0) is 43.7 Å². The lowest BCUT2D eigenvalue weighted by molar-refractivity contribution is -0.120. The second kappa shape index (κ2) is 10.0. The molecule has 1 N–H and O–H groups in total. The van der Waals surface area contributed by atoms with E-state index in [9.17, 15) is 4.79 Å². The average Bonchev–Trinajstić information content (AvgIpc) is 3.08. The first-order chi connectivity index (χ1) is 11.6. The lowest BCUT2D eigenvalue weighted by Crippen LogP contribution is -2.34. The molecule has 24 heavy (non-hydrogen) atoms. The Morgan fingerprint density at radius 3 is 3.08 bits per heavy atom. The maximum Gasteiger partial charge on any atom is 0.232 e. The number of aromatic nitrogens is 2. The van der Waals surface area contributed by atoms with Crippen LogP contribution in [0.3, 0.4) is 0 Å². The predicted octanol–water partition coefficient (Wildman–Crippen LogP) is 2.90. The van der Waals surface area contributed by atoms with Crippen LogP contribution in [-0.4, -0.2) is 39.6 Å². The minimum atomic E-state index is -0.0493. The molecule has 0 aliphatic heterocycles. The summed E-state index contributed by atoms with van der Waals surface area (Å²) in [5, 5.41) is 2.87. The van der Waals surface area contributed by atoms with Gasteiger partial charge in [0.25, 0.3) is 0 Å². The molecule has 0 fully saturated rings. The number of hydrogen-bond donors (Lipinski definition) is 1. The number of ether oxygens (including phenoxy) is 1. The highest BCUT2D eigenvalue weighted by Crippen LogP contribution is 2.13. The van der Waals surface area contributed by atoms with E-state index >= 15 is 0 Å². The number of carbonyl (C=O) groups excluding carboxylic acids is 1. The third kappa shape index (κ3) is 6.66. The van der Waals surface area contributed by atoms with Crippen molar-refractivity contribution in [1.82, 2.24) is 14.9 Å². The largest absolute Gasteiger partial charge is 0.492 e. The lowest BCUT2D eigenvalue weighted by Gasteiger charge is -2.13. The van der Waals surface area contributed by atoms with E-state index in [1.54, 1.807) is 18.0 Å². The molecule has 0 saturated heterocycles. The molecule has 1 unspecified atom stereocenters. The molecule has 2 aromatic rings. The summed E-state index contributed by atoms with van der Waals surface area (Å²) in [5.74, 6) is 1.86. The molecule has 0 radical (unpaired) electrons. The average molecular weight is 347 g/mol. The van der Waals surface area contributed by atoms with Crippen LogP contribution in [0.15, 0.2) is 43.0 Å². The number of benzene rings is 1. The van der Waals surface area contributed by atoms with E-state index in [2.05, 4.69) is 10.3 Å². The van der Waals surface area contributed by atoms with Crippen molar-refractivity contribution in [2.75, 3.05) is 18.9 Å². The van der Waals surface area contributed by atoms with Gasteiger partial charge < -0.3 is 14.6 Å². The fourth-order valence-electron chi connectivity index (χ4n) is 2.19. The van der Waals surface area contributed by atoms with Crippen LogP contribution in [0.2, 0.25) is 0 Å². The number of imidazole rings is 1. The van der Waals surface area contributed by atoms with Crippen LogP contribution in [0, 0.1) is 6.92 Å². The molecule has 1 heterocycles. The first-order valence-electron chi connectivity index (χ1n) is 8.19. The van der Waals surface area contributed by atoms with Crippen molar-refractivity contribution in [1.29, 1.82) is 0 Å². The van der Waals surface area contributed by atoms with Gasteiger partial charge in [0.15, 0.2) is 0 Å². The zero-order valence-electron chi connectivity index (χ0n) is 14.3. The Balaban J connectivity index is 1.54. The summed E-state index contributed by atoms with van der Waals surface area (Å²) in [6, 6.07) is 7.90. The van der Waals surface area contributed by atoms with Crippen LogP contribution < -0.4 is 10.1 Å². The lowest BCUT2D eigenvalue weighted by atomic mass is 10.2. The summed E-state index contributed by atoms with van der Waals surface area (Å²) >= 11 is 1.68. The first kappa shape index (κ1) is 18.4. The fraction of sp³-hybridized carbons (Fsp3) is 0.444. The Hall–Kier alpha value is -1.95. The minimum Gasteiger partial charge on any atom is -0.492 e. The van der Waals surface area contributed by atoms with Gasteiger partial charge in [0.05, 0.1) is 18.1 Å². The second-order valence-electron chi connectivity index (χ2n) is 5.62. The van der Waals surface area contributed by atoms with Gasteiger partial charge in [-0.2, -0.15) is 0 Å². The van der Waals surface area contributed by atoms with Gasteiger partial charge in [0.2, 0.25) is 5.91 Å². The number of nitrogens with zero attached hydrogens (tertiary/aromatic N) is 2. The van der Waals surface area contributed by atoms with E-state index in [4.69, 9.17) is 4.74 Å². The maximum absolute atomic E-state index is 12.0. The van der Waals surface area contributed by atoms with E-state index in [1.165, 1.54) is 0 Å². The predicted molar refractivity (Wildman–Crippen MR) is 98.4 cm³/mol. The second-order valence-corrected chi connectivity index (χ2v) is 7.07. The molecular weight excluding hydrogens is 322 g/mol. The Labute approximate surface area is 147 Å². The molecule has 5 nitrogen and oxygen atoms in total. The molecule has 0 aliphatic carbocycles. The van der Waals surface area contributed by atoms with Crippen molar-refractivity contribution in [2.24, 2.45) is 0 Å². The molecule has 1 aromatic heterocycles. The van der Waals surface area contributed by atoms with Crippen LogP contribution in [0.25, 0.3) is 0 Å². The Morgan fingerprint density at radius 2 is 2.33 bits per heavy atom. The Morgan fingerprint density at radius 1 is 1.46 bits per heavy atom. The molecule has 0 spiro atoms. The standard InChI is InChI=1S/C18H25N3O2S/c1-15-5-3-6-17(13-15)23-11-8-20-18(22)16(2)24-12-4-9-21-10-7-19-14-21/h3,5-7,10,13-14,16H,4,8-9,11-12H2,1-2H3,(H,20,22). The smallest absolute Gasteiger partial charge is 0.232 e. The van der Waals surface area contributed by atoms with E-state index in [1.807, 2.05) is 55.2 Å². The Kier molecular flexibility index (Phi) is 7.68. The molecule has 1 aromatic carbocycles. The highest BCUT2D eigenvalue weighted by Gasteiger charge is 2.12. The number of carbonyl (C=O) groups is 1. The number of nitrogens with one attached hydrogen (secondary N) is 1. The van der Waals surface area contributed by atoms with Crippen LogP contribution in [0.5, 0.6) is 5.75 Å². The zero-order chi connectivity index (χ0) is 17.2. The van der Waals surface area contributed by atoms with Gasteiger partial charge in [-0.1, -0.05) is 12.1 Å². The van der Waals surface area contributed by atoms with Gasteiger partial charge in [0, 0.05) is 18.9 Å². The number of hydrogen-bond acceptors (Lipinski definition) is 4. The third-order valence-electron chi connectivity index (χ3n) is 3.52. The molecule has 1 amide bonds. The summed E-state index contributed by atoms with van der Waals surface area (Å²) in [6.07, 6.45) is 6.57. The summed E-state index contributed by atoms with van der Waals surface area (Å²) in [6.45, 7) is 5.91. The van der Waals surface area contributed by atoms with E-state index in [-0.39, 0.29) is 11.2 Å². The van der Waals surface area contributed by atoms with Crippen molar-refractivity contribution >= 4 is 17.7 Å².